The van der Waals surface area contributed by atoms with Gasteiger partial charge >= 0.3 is 6.09 Å². The molecular weight excluding hydrogens is 298 g/mol. The molecule has 0 radical (unpaired) electrons. The Hall–Kier alpha value is -2.32. The van der Waals surface area contributed by atoms with Gasteiger partial charge in [0.15, 0.2) is 11.8 Å². The van der Waals surface area contributed by atoms with E-state index in [2.05, 4.69) is 15.2 Å². The highest BCUT2D eigenvalue weighted by Crippen LogP contribution is 2.11. The molecule has 0 bridgehead atoms. The van der Waals surface area contributed by atoms with Gasteiger partial charge in [-0.15, -0.1) is 10.2 Å². The van der Waals surface area contributed by atoms with E-state index in [9.17, 15) is 4.79 Å². The molecule has 1 fully saturated rings. The summed E-state index contributed by atoms with van der Waals surface area (Å²) in [6, 6.07) is 0. The zero-order valence-electron chi connectivity index (χ0n) is 14.2. The van der Waals surface area contributed by atoms with Gasteiger partial charge in [0.2, 0.25) is 0 Å². The van der Waals surface area contributed by atoms with E-state index in [0.29, 0.717) is 38.7 Å². The molecule has 1 aliphatic rings. The maximum Gasteiger partial charge on any atom is 0.410 e. The molecule has 2 rings (SSSR count). The van der Waals surface area contributed by atoms with E-state index in [1.165, 1.54) is 0 Å². The summed E-state index contributed by atoms with van der Waals surface area (Å²) in [5.41, 5.74) is 5.54. The standard InChI is InChI=1S/C14H25N7O2/c1-14(2,3)23-13(22)21-7-5-20(6-8-21)12(15)16-9-11-18-17-10-19(11)4/h10H,5-9H2,1-4H3,(H2,15,16). The van der Waals surface area contributed by atoms with Crippen LogP contribution in [0.4, 0.5) is 4.79 Å². The monoisotopic (exact) mass is 323 g/mol. The molecule has 1 aromatic heterocycles. The molecule has 1 aliphatic heterocycles. The van der Waals surface area contributed by atoms with Crippen molar-refractivity contribution in [3.8, 4) is 0 Å². The molecular formula is C14H25N7O2. The summed E-state index contributed by atoms with van der Waals surface area (Å²) < 4.78 is 7.17. The molecule has 9 nitrogen and oxygen atoms in total. The second-order valence-corrected chi connectivity index (χ2v) is 6.49. The van der Waals surface area contributed by atoms with Crippen molar-refractivity contribution < 1.29 is 9.53 Å². The second-order valence-electron chi connectivity index (χ2n) is 6.49. The van der Waals surface area contributed by atoms with Crippen LogP contribution in [0.5, 0.6) is 0 Å². The summed E-state index contributed by atoms with van der Waals surface area (Å²) in [6.45, 7) is 8.36. The van der Waals surface area contributed by atoms with Crippen LogP contribution in [0, 0.1) is 0 Å². The molecule has 1 amide bonds. The highest BCUT2D eigenvalue weighted by atomic mass is 16.6. The Morgan fingerprint density at radius 1 is 1.30 bits per heavy atom. The van der Waals surface area contributed by atoms with Gasteiger partial charge in [-0.2, -0.15) is 0 Å². The van der Waals surface area contributed by atoms with Gasteiger partial charge in [-0.1, -0.05) is 0 Å². The fourth-order valence-corrected chi connectivity index (χ4v) is 2.15. The maximum atomic E-state index is 12.0. The average Bonchev–Trinajstić information content (AvgIpc) is 2.88. The van der Waals surface area contributed by atoms with Crippen LogP contribution >= 0.6 is 0 Å². The van der Waals surface area contributed by atoms with E-state index in [1.54, 1.807) is 15.8 Å². The first-order valence-electron chi connectivity index (χ1n) is 7.62. The average molecular weight is 323 g/mol. The fourth-order valence-electron chi connectivity index (χ4n) is 2.15. The third-order valence-corrected chi connectivity index (χ3v) is 3.44. The first kappa shape index (κ1) is 17.0. The zero-order valence-corrected chi connectivity index (χ0v) is 14.2. The quantitative estimate of drug-likeness (QED) is 0.615. The van der Waals surface area contributed by atoms with Gasteiger partial charge in [-0.25, -0.2) is 9.79 Å². The molecule has 128 valence electrons. The van der Waals surface area contributed by atoms with Crippen LogP contribution in [0.25, 0.3) is 0 Å². The minimum absolute atomic E-state index is 0.285. The number of rotatable bonds is 2. The number of aliphatic imine (C=N–C) groups is 1. The van der Waals surface area contributed by atoms with Crippen molar-refractivity contribution in [3.63, 3.8) is 0 Å². The topological polar surface area (TPSA) is 102 Å². The summed E-state index contributed by atoms with van der Waals surface area (Å²) in [5, 5.41) is 7.77. The molecule has 0 saturated carbocycles. The van der Waals surface area contributed by atoms with Crippen LogP contribution in [-0.2, 0) is 18.3 Å². The third kappa shape index (κ3) is 4.83. The largest absolute Gasteiger partial charge is 0.444 e. The lowest BCUT2D eigenvalue weighted by Gasteiger charge is -2.36. The molecule has 2 heterocycles. The van der Waals surface area contributed by atoms with Crippen molar-refractivity contribution in [2.24, 2.45) is 17.8 Å². The smallest absolute Gasteiger partial charge is 0.410 e. The Morgan fingerprint density at radius 2 is 1.91 bits per heavy atom. The summed E-state index contributed by atoms with van der Waals surface area (Å²) >= 11 is 0. The van der Waals surface area contributed by atoms with Gasteiger partial charge in [-0.05, 0) is 20.8 Å². The summed E-state index contributed by atoms with van der Waals surface area (Å²) in [7, 11) is 1.86. The number of hydrogen-bond donors (Lipinski definition) is 1. The van der Waals surface area contributed by atoms with Crippen molar-refractivity contribution in [1.82, 2.24) is 24.6 Å². The first-order valence-corrected chi connectivity index (χ1v) is 7.62. The highest BCUT2D eigenvalue weighted by molar-refractivity contribution is 5.78. The van der Waals surface area contributed by atoms with Crippen molar-refractivity contribution in [3.05, 3.63) is 12.2 Å². The van der Waals surface area contributed by atoms with Gasteiger partial charge in [0, 0.05) is 33.2 Å². The van der Waals surface area contributed by atoms with E-state index in [4.69, 9.17) is 10.5 Å². The first-order chi connectivity index (χ1) is 10.8. The molecule has 0 unspecified atom stereocenters. The van der Waals surface area contributed by atoms with Crippen molar-refractivity contribution in [2.45, 2.75) is 32.9 Å². The lowest BCUT2D eigenvalue weighted by molar-refractivity contribution is 0.0186. The Kier molecular flexibility index (Phi) is 5.07. The van der Waals surface area contributed by atoms with Gasteiger partial charge < -0.3 is 24.8 Å². The Balaban J connectivity index is 1.84. The number of nitrogens with zero attached hydrogens (tertiary/aromatic N) is 6. The van der Waals surface area contributed by atoms with Crippen molar-refractivity contribution in [2.75, 3.05) is 26.2 Å². The summed E-state index contributed by atoms with van der Waals surface area (Å²) in [6.07, 6.45) is 1.34. The van der Waals surface area contributed by atoms with Gasteiger partial charge in [0.05, 0.1) is 0 Å². The molecule has 23 heavy (non-hydrogen) atoms. The molecule has 1 aromatic rings. The number of aromatic nitrogens is 3. The SMILES string of the molecule is Cn1cnnc1CN=C(N)N1CCN(C(=O)OC(C)(C)C)CC1. The predicted molar refractivity (Wildman–Crippen MR) is 85.7 cm³/mol. The van der Waals surface area contributed by atoms with Crippen molar-refractivity contribution in [1.29, 1.82) is 0 Å². The minimum Gasteiger partial charge on any atom is -0.444 e. The number of amides is 1. The van der Waals surface area contributed by atoms with E-state index < -0.39 is 5.60 Å². The van der Waals surface area contributed by atoms with Gasteiger partial charge in [0.25, 0.3) is 0 Å². The molecule has 2 N–H and O–H groups in total. The molecule has 0 aromatic carbocycles. The lowest BCUT2D eigenvalue weighted by Crippen LogP contribution is -2.53. The number of nitrogens with two attached hydrogens (primary N) is 1. The number of carbonyl (C=O) groups is 1. The zero-order chi connectivity index (χ0) is 17.0. The number of carbonyl (C=O) groups excluding carboxylic acids is 1. The highest BCUT2D eigenvalue weighted by Gasteiger charge is 2.26. The Morgan fingerprint density at radius 3 is 2.43 bits per heavy atom. The van der Waals surface area contributed by atoms with Crippen LogP contribution in [0.2, 0.25) is 0 Å². The number of piperazine rings is 1. The van der Waals surface area contributed by atoms with Crippen LogP contribution in [-0.4, -0.2) is 68.4 Å². The molecule has 0 spiro atoms. The Bertz CT molecular complexity index is 568. The third-order valence-electron chi connectivity index (χ3n) is 3.44. The number of ether oxygens (including phenoxy) is 1. The normalized spacial score (nSPS) is 16.6. The number of guanidine groups is 1. The predicted octanol–water partition coefficient (Wildman–Crippen LogP) is 0.183. The molecule has 9 heteroatoms. The van der Waals surface area contributed by atoms with Crippen LogP contribution in [0.3, 0.4) is 0 Å². The van der Waals surface area contributed by atoms with E-state index in [-0.39, 0.29) is 6.09 Å². The molecule has 0 aliphatic carbocycles. The lowest BCUT2D eigenvalue weighted by atomic mass is 10.2. The summed E-state index contributed by atoms with van der Waals surface area (Å²) in [5.74, 6) is 1.21. The summed E-state index contributed by atoms with van der Waals surface area (Å²) in [4.78, 5) is 20.0. The Labute approximate surface area is 136 Å². The van der Waals surface area contributed by atoms with Crippen LogP contribution in [0.1, 0.15) is 26.6 Å². The minimum atomic E-state index is -0.481. The van der Waals surface area contributed by atoms with Crippen molar-refractivity contribution >= 4 is 12.1 Å². The van der Waals surface area contributed by atoms with Crippen LogP contribution < -0.4 is 5.73 Å². The van der Waals surface area contributed by atoms with E-state index >= 15 is 0 Å². The van der Waals surface area contributed by atoms with Gasteiger partial charge in [-0.3, -0.25) is 0 Å². The van der Waals surface area contributed by atoms with E-state index in [1.807, 2.05) is 32.7 Å². The second kappa shape index (κ2) is 6.84. The maximum absolute atomic E-state index is 12.0. The molecule has 1 saturated heterocycles. The fraction of sp³-hybridized carbons (Fsp3) is 0.714. The van der Waals surface area contributed by atoms with Gasteiger partial charge in [0.1, 0.15) is 18.5 Å². The van der Waals surface area contributed by atoms with E-state index in [0.717, 1.165) is 5.82 Å². The molecule has 0 atom stereocenters. The number of hydrogen-bond acceptors (Lipinski definition) is 5. The van der Waals surface area contributed by atoms with Crippen LogP contribution in [0.15, 0.2) is 11.3 Å². The number of aryl methyl sites for hydroxylation is 1.